The molecule has 48 valence electrons. The fourth-order valence-electron chi connectivity index (χ4n) is 0.419. The fraction of sp³-hybridized carbons (Fsp3) is 0.200. The number of aldehydes is 1. The van der Waals surface area contributed by atoms with E-state index in [4.69, 9.17) is 4.42 Å². The summed E-state index contributed by atoms with van der Waals surface area (Å²) in [4.78, 5) is 13.8. The van der Waals surface area contributed by atoms with Crippen molar-refractivity contribution >= 4 is 18.0 Å². The highest BCUT2D eigenvalue weighted by Gasteiger charge is 1.98. The van der Waals surface area contributed by atoms with Crippen molar-refractivity contribution in [3.8, 4) is 0 Å². The molecule has 0 aliphatic heterocycles. The van der Waals surface area contributed by atoms with Gasteiger partial charge in [-0.1, -0.05) is 11.8 Å². The van der Waals surface area contributed by atoms with Crippen LogP contribution in [0, 0.1) is 0 Å². The van der Waals surface area contributed by atoms with Crippen molar-refractivity contribution < 1.29 is 9.21 Å². The summed E-state index contributed by atoms with van der Waals surface area (Å²) < 4.78 is 4.87. The minimum atomic E-state index is 0.277. The maximum atomic E-state index is 9.99. The summed E-state index contributed by atoms with van der Waals surface area (Å²) >= 11 is 1.37. The molecular formula is C5H5NO2S. The molecule has 4 heteroatoms. The summed E-state index contributed by atoms with van der Waals surface area (Å²) in [6.45, 7) is 0. The number of oxazole rings is 1. The molecule has 0 fully saturated rings. The van der Waals surface area contributed by atoms with Gasteiger partial charge in [-0.2, -0.15) is 0 Å². The Hall–Kier alpha value is -0.770. The first-order chi connectivity index (χ1) is 4.36. The van der Waals surface area contributed by atoms with Crippen LogP contribution in [0.2, 0.25) is 0 Å². The first-order valence-electron chi connectivity index (χ1n) is 2.32. The lowest BCUT2D eigenvalue weighted by atomic mass is 10.6. The van der Waals surface area contributed by atoms with E-state index in [9.17, 15) is 4.79 Å². The highest BCUT2D eigenvalue weighted by molar-refractivity contribution is 7.98. The summed E-state index contributed by atoms with van der Waals surface area (Å²) in [5, 5.41) is 0.525. The fourth-order valence-corrected chi connectivity index (χ4v) is 0.756. The summed E-state index contributed by atoms with van der Waals surface area (Å²) in [5.41, 5.74) is 0. The van der Waals surface area contributed by atoms with E-state index in [-0.39, 0.29) is 5.76 Å². The molecule has 0 spiro atoms. The van der Waals surface area contributed by atoms with Gasteiger partial charge in [0.1, 0.15) is 0 Å². The zero-order chi connectivity index (χ0) is 6.69. The monoisotopic (exact) mass is 143 g/mol. The van der Waals surface area contributed by atoms with E-state index in [1.54, 1.807) is 0 Å². The first kappa shape index (κ1) is 6.35. The summed E-state index contributed by atoms with van der Waals surface area (Å²) in [5.74, 6) is 0.277. The third-order valence-corrected chi connectivity index (χ3v) is 1.33. The quantitative estimate of drug-likeness (QED) is 0.461. The van der Waals surface area contributed by atoms with E-state index >= 15 is 0 Å². The van der Waals surface area contributed by atoms with Gasteiger partial charge in [0, 0.05) is 0 Å². The molecule has 0 amide bonds. The predicted molar refractivity (Wildman–Crippen MR) is 33.7 cm³/mol. The van der Waals surface area contributed by atoms with Gasteiger partial charge in [0.2, 0.25) is 0 Å². The smallest absolute Gasteiger partial charge is 0.255 e. The molecule has 0 saturated heterocycles. The molecule has 1 aromatic rings. The Labute approximate surface area is 56.5 Å². The van der Waals surface area contributed by atoms with Crippen LogP contribution in [0.4, 0.5) is 0 Å². The van der Waals surface area contributed by atoms with Crippen molar-refractivity contribution in [2.24, 2.45) is 0 Å². The largest absolute Gasteiger partial charge is 0.429 e. The van der Waals surface area contributed by atoms with E-state index in [1.165, 1.54) is 18.0 Å². The number of hydrogen-bond acceptors (Lipinski definition) is 4. The van der Waals surface area contributed by atoms with Gasteiger partial charge in [0.05, 0.1) is 6.20 Å². The third kappa shape index (κ3) is 1.32. The van der Waals surface area contributed by atoms with Crippen molar-refractivity contribution in [1.29, 1.82) is 0 Å². The van der Waals surface area contributed by atoms with Gasteiger partial charge in [0.25, 0.3) is 5.22 Å². The van der Waals surface area contributed by atoms with Crippen molar-refractivity contribution in [1.82, 2.24) is 4.98 Å². The molecular weight excluding hydrogens is 138 g/mol. The van der Waals surface area contributed by atoms with Gasteiger partial charge in [-0.15, -0.1) is 0 Å². The molecule has 0 aromatic carbocycles. The molecule has 1 heterocycles. The van der Waals surface area contributed by atoms with E-state index < -0.39 is 0 Å². The maximum Gasteiger partial charge on any atom is 0.255 e. The number of rotatable bonds is 2. The Morgan fingerprint density at radius 1 is 1.89 bits per heavy atom. The minimum Gasteiger partial charge on any atom is -0.429 e. The molecule has 0 radical (unpaired) electrons. The lowest BCUT2D eigenvalue weighted by Crippen LogP contribution is -1.66. The maximum absolute atomic E-state index is 9.99. The van der Waals surface area contributed by atoms with Crippen LogP contribution in [0.25, 0.3) is 0 Å². The number of aromatic nitrogens is 1. The Morgan fingerprint density at radius 2 is 2.67 bits per heavy atom. The number of thioether (sulfide) groups is 1. The van der Waals surface area contributed by atoms with Crippen LogP contribution < -0.4 is 0 Å². The molecule has 0 bridgehead atoms. The standard InChI is InChI=1S/C5H5NO2S/c1-9-5-6-2-4(3-7)8-5/h2-3H,1H3. The Kier molecular flexibility index (Phi) is 1.89. The predicted octanol–water partition coefficient (Wildman–Crippen LogP) is 1.21. The van der Waals surface area contributed by atoms with Crippen molar-refractivity contribution in [3.05, 3.63) is 12.0 Å². The first-order valence-corrected chi connectivity index (χ1v) is 3.54. The lowest BCUT2D eigenvalue weighted by Gasteiger charge is -1.79. The zero-order valence-corrected chi connectivity index (χ0v) is 5.64. The van der Waals surface area contributed by atoms with Crippen molar-refractivity contribution in [2.75, 3.05) is 6.26 Å². The van der Waals surface area contributed by atoms with Crippen molar-refractivity contribution in [3.63, 3.8) is 0 Å². The van der Waals surface area contributed by atoms with E-state index in [2.05, 4.69) is 4.98 Å². The van der Waals surface area contributed by atoms with Gasteiger partial charge < -0.3 is 4.42 Å². The normalized spacial score (nSPS) is 9.44. The number of nitrogens with zero attached hydrogens (tertiary/aromatic N) is 1. The summed E-state index contributed by atoms with van der Waals surface area (Å²) in [7, 11) is 0. The van der Waals surface area contributed by atoms with E-state index in [0.717, 1.165) is 0 Å². The number of carbonyl (C=O) groups excluding carboxylic acids is 1. The molecule has 0 atom stereocenters. The van der Waals surface area contributed by atoms with Crippen LogP contribution in [0.1, 0.15) is 10.6 Å². The second-order valence-corrected chi connectivity index (χ2v) is 2.11. The molecule has 0 aliphatic carbocycles. The van der Waals surface area contributed by atoms with Crippen LogP contribution in [0.3, 0.4) is 0 Å². The average molecular weight is 143 g/mol. The third-order valence-electron chi connectivity index (χ3n) is 0.793. The van der Waals surface area contributed by atoms with Crippen LogP contribution in [-0.2, 0) is 0 Å². The van der Waals surface area contributed by atoms with Crippen LogP contribution >= 0.6 is 11.8 Å². The Morgan fingerprint density at radius 3 is 3.00 bits per heavy atom. The van der Waals surface area contributed by atoms with Gasteiger partial charge in [0.15, 0.2) is 12.0 Å². The Bertz CT molecular complexity index is 208. The SMILES string of the molecule is CSc1ncc(C=O)o1. The van der Waals surface area contributed by atoms with Crippen LogP contribution in [0.5, 0.6) is 0 Å². The lowest BCUT2D eigenvalue weighted by molar-refractivity contribution is 0.109. The molecule has 1 rings (SSSR count). The molecule has 1 aromatic heterocycles. The minimum absolute atomic E-state index is 0.277. The molecule has 0 saturated carbocycles. The Balaban J connectivity index is 2.86. The molecule has 3 nitrogen and oxygen atoms in total. The molecule has 9 heavy (non-hydrogen) atoms. The second kappa shape index (κ2) is 2.68. The van der Waals surface area contributed by atoms with Gasteiger partial charge in [-0.05, 0) is 6.26 Å². The van der Waals surface area contributed by atoms with Gasteiger partial charge in [-0.25, -0.2) is 4.98 Å². The summed E-state index contributed by atoms with van der Waals surface area (Å²) in [6.07, 6.45) is 3.87. The molecule has 0 N–H and O–H groups in total. The van der Waals surface area contributed by atoms with Crippen molar-refractivity contribution in [2.45, 2.75) is 5.22 Å². The average Bonchev–Trinajstić information content (AvgIpc) is 2.34. The number of hydrogen-bond donors (Lipinski definition) is 0. The zero-order valence-electron chi connectivity index (χ0n) is 4.83. The van der Waals surface area contributed by atoms with Gasteiger partial charge in [-0.3, -0.25) is 4.79 Å². The van der Waals surface area contributed by atoms with Crippen LogP contribution in [0.15, 0.2) is 15.8 Å². The van der Waals surface area contributed by atoms with Crippen LogP contribution in [-0.4, -0.2) is 17.5 Å². The highest BCUT2D eigenvalue weighted by atomic mass is 32.2. The van der Waals surface area contributed by atoms with E-state index in [1.807, 2.05) is 6.26 Å². The molecule has 0 aliphatic rings. The number of carbonyl (C=O) groups is 1. The van der Waals surface area contributed by atoms with E-state index in [0.29, 0.717) is 11.5 Å². The molecule has 0 unspecified atom stereocenters. The topological polar surface area (TPSA) is 43.1 Å². The summed E-state index contributed by atoms with van der Waals surface area (Å²) in [6, 6.07) is 0. The highest BCUT2D eigenvalue weighted by Crippen LogP contribution is 2.12. The van der Waals surface area contributed by atoms with Gasteiger partial charge >= 0.3 is 0 Å². The second-order valence-electron chi connectivity index (χ2n) is 1.35.